The Kier molecular flexibility index (Phi) is 5.18. The normalized spacial score (nSPS) is 11.5. The fraction of sp³-hybridized carbons (Fsp3) is 0.185. The van der Waals surface area contributed by atoms with Gasteiger partial charge in [0.25, 0.3) is 5.91 Å². The molecule has 0 saturated heterocycles. The number of fused-ring (bicyclic) bond motifs is 2. The molecule has 0 aliphatic rings. The quantitative estimate of drug-likeness (QED) is 0.393. The summed E-state index contributed by atoms with van der Waals surface area (Å²) in [5.74, 6) is 1.32. The van der Waals surface area contributed by atoms with Crippen LogP contribution < -0.4 is 0 Å². The summed E-state index contributed by atoms with van der Waals surface area (Å²) >= 11 is 0. The van der Waals surface area contributed by atoms with Crippen LogP contribution in [0.5, 0.6) is 0 Å². The lowest BCUT2D eigenvalue weighted by atomic mass is 10.1. The van der Waals surface area contributed by atoms with Crippen molar-refractivity contribution in [3.05, 3.63) is 89.0 Å². The number of aromatic nitrogens is 8. The molecule has 4 aromatic heterocycles. The molecule has 0 aliphatic carbocycles. The number of rotatable bonds is 5. The van der Waals surface area contributed by atoms with E-state index >= 15 is 0 Å². The third-order valence-electron chi connectivity index (χ3n) is 6.49. The molecule has 0 radical (unpaired) electrons. The molecule has 36 heavy (non-hydrogen) atoms. The van der Waals surface area contributed by atoms with Gasteiger partial charge in [-0.1, -0.05) is 31.2 Å². The molecular formula is C27H24N8O. The predicted molar refractivity (Wildman–Crippen MR) is 137 cm³/mol. The van der Waals surface area contributed by atoms with Gasteiger partial charge < -0.3 is 4.57 Å². The van der Waals surface area contributed by atoms with E-state index in [9.17, 15) is 4.79 Å². The second kappa shape index (κ2) is 8.53. The molecular weight excluding hydrogens is 452 g/mol. The molecule has 0 unspecified atom stereocenters. The van der Waals surface area contributed by atoms with E-state index in [0.717, 1.165) is 51.1 Å². The number of hydrogen-bond acceptors (Lipinski definition) is 6. The minimum absolute atomic E-state index is 0.145. The van der Waals surface area contributed by atoms with Crippen LogP contribution >= 0.6 is 0 Å². The zero-order valence-corrected chi connectivity index (χ0v) is 20.2. The first kappa shape index (κ1) is 21.8. The van der Waals surface area contributed by atoms with Gasteiger partial charge in [0.05, 0.1) is 17.6 Å². The Bertz CT molecular complexity index is 1740. The van der Waals surface area contributed by atoms with E-state index in [1.54, 1.807) is 10.6 Å². The summed E-state index contributed by atoms with van der Waals surface area (Å²) in [5.41, 5.74) is 7.12. The van der Waals surface area contributed by atoms with E-state index in [4.69, 9.17) is 9.97 Å². The summed E-state index contributed by atoms with van der Waals surface area (Å²) in [4.78, 5) is 23.2. The maximum atomic E-state index is 13.5. The number of nitrogens with one attached hydrogen (secondary N) is 1. The number of carbonyl (C=O) groups excluding carboxylic acids is 1. The number of aryl methyl sites for hydroxylation is 3. The van der Waals surface area contributed by atoms with E-state index in [1.807, 2.05) is 43.5 Å². The molecule has 4 heterocycles. The minimum Gasteiger partial charge on any atom is -0.308 e. The molecule has 0 amide bonds. The van der Waals surface area contributed by atoms with Crippen molar-refractivity contribution in [3.8, 4) is 11.4 Å². The maximum absolute atomic E-state index is 13.5. The van der Waals surface area contributed by atoms with Gasteiger partial charge >= 0.3 is 0 Å². The van der Waals surface area contributed by atoms with Crippen molar-refractivity contribution in [2.45, 2.75) is 33.7 Å². The van der Waals surface area contributed by atoms with Crippen molar-refractivity contribution in [1.29, 1.82) is 0 Å². The second-order valence-electron chi connectivity index (χ2n) is 8.90. The van der Waals surface area contributed by atoms with Crippen LogP contribution in [0, 0.1) is 13.8 Å². The molecule has 9 nitrogen and oxygen atoms in total. The lowest BCUT2D eigenvalue weighted by Gasteiger charge is -2.10. The molecule has 0 aliphatic heterocycles. The van der Waals surface area contributed by atoms with Crippen molar-refractivity contribution in [1.82, 2.24) is 39.7 Å². The molecule has 0 atom stereocenters. The topological polar surface area (TPSA) is 107 Å². The zero-order chi connectivity index (χ0) is 24.8. The Hall–Kier alpha value is -4.66. The van der Waals surface area contributed by atoms with Crippen LogP contribution in [-0.4, -0.2) is 45.6 Å². The lowest BCUT2D eigenvalue weighted by molar-refractivity contribution is 0.0965. The first-order valence-electron chi connectivity index (χ1n) is 11.8. The number of hydrogen-bond donors (Lipinski definition) is 1. The zero-order valence-electron chi connectivity index (χ0n) is 20.2. The molecule has 9 heteroatoms. The molecule has 0 fully saturated rings. The average Bonchev–Trinajstić information content (AvgIpc) is 3.63. The van der Waals surface area contributed by atoms with Gasteiger partial charge in [0.2, 0.25) is 0 Å². The lowest BCUT2D eigenvalue weighted by Crippen LogP contribution is -2.12. The largest absolute Gasteiger partial charge is 0.308 e. The third kappa shape index (κ3) is 3.56. The fourth-order valence-corrected chi connectivity index (χ4v) is 4.81. The van der Waals surface area contributed by atoms with Crippen LogP contribution in [0.2, 0.25) is 0 Å². The summed E-state index contributed by atoms with van der Waals surface area (Å²) in [6, 6.07) is 17.5. The van der Waals surface area contributed by atoms with Crippen molar-refractivity contribution in [3.63, 3.8) is 0 Å². The van der Waals surface area contributed by atoms with Crippen LogP contribution in [0.3, 0.4) is 0 Å². The molecule has 2 aromatic carbocycles. The molecule has 178 valence electrons. The average molecular weight is 477 g/mol. The van der Waals surface area contributed by atoms with Crippen LogP contribution in [0.4, 0.5) is 0 Å². The Morgan fingerprint density at radius 1 is 1.03 bits per heavy atom. The number of aromatic amines is 1. The van der Waals surface area contributed by atoms with Crippen LogP contribution in [0.1, 0.15) is 39.9 Å². The van der Waals surface area contributed by atoms with Crippen molar-refractivity contribution >= 4 is 28.0 Å². The van der Waals surface area contributed by atoms with Crippen molar-refractivity contribution in [2.24, 2.45) is 0 Å². The number of imidazole rings is 1. The summed E-state index contributed by atoms with van der Waals surface area (Å²) in [5, 5.41) is 15.0. The first-order chi connectivity index (χ1) is 17.5. The Balaban J connectivity index is 1.37. The van der Waals surface area contributed by atoms with Crippen molar-refractivity contribution < 1.29 is 4.79 Å². The highest BCUT2D eigenvalue weighted by Gasteiger charge is 2.19. The number of tetrazole rings is 1. The van der Waals surface area contributed by atoms with E-state index in [-0.39, 0.29) is 5.91 Å². The number of nitrogens with zero attached hydrogens (tertiary/aromatic N) is 7. The number of pyridine rings is 1. The Labute approximate surface area is 206 Å². The fourth-order valence-electron chi connectivity index (χ4n) is 4.81. The maximum Gasteiger partial charge on any atom is 0.263 e. The van der Waals surface area contributed by atoms with Gasteiger partial charge in [-0.2, -0.15) is 0 Å². The molecule has 6 rings (SSSR count). The predicted octanol–water partition coefficient (Wildman–Crippen LogP) is 4.48. The SMILES string of the molecule is CCc1nc2c(C)cc(C)nc2n1Cc1ccc2c(ccn2C(=O)c2ccccc2-c2nnn[nH]2)c1. The van der Waals surface area contributed by atoms with E-state index in [0.29, 0.717) is 23.5 Å². The molecule has 0 saturated carbocycles. The monoisotopic (exact) mass is 476 g/mol. The first-order valence-corrected chi connectivity index (χ1v) is 11.8. The highest BCUT2D eigenvalue weighted by atomic mass is 16.2. The van der Waals surface area contributed by atoms with Gasteiger partial charge in [0.1, 0.15) is 11.3 Å². The smallest absolute Gasteiger partial charge is 0.263 e. The highest BCUT2D eigenvalue weighted by Crippen LogP contribution is 2.26. The van der Waals surface area contributed by atoms with E-state index in [2.05, 4.69) is 57.2 Å². The minimum atomic E-state index is -0.145. The molecule has 0 spiro atoms. The summed E-state index contributed by atoms with van der Waals surface area (Å²) in [6.45, 7) is 6.86. The Morgan fingerprint density at radius 3 is 2.69 bits per heavy atom. The molecule has 0 bridgehead atoms. The van der Waals surface area contributed by atoms with Crippen molar-refractivity contribution in [2.75, 3.05) is 0 Å². The second-order valence-corrected chi connectivity index (χ2v) is 8.90. The number of H-pyrrole nitrogens is 1. The summed E-state index contributed by atoms with van der Waals surface area (Å²) in [7, 11) is 0. The highest BCUT2D eigenvalue weighted by molar-refractivity contribution is 6.05. The molecule has 1 N–H and O–H groups in total. The summed E-state index contributed by atoms with van der Waals surface area (Å²) in [6.07, 6.45) is 2.63. The van der Waals surface area contributed by atoms with Gasteiger partial charge in [-0.05, 0) is 65.7 Å². The third-order valence-corrected chi connectivity index (χ3v) is 6.49. The van der Waals surface area contributed by atoms with Crippen LogP contribution in [-0.2, 0) is 13.0 Å². The summed E-state index contributed by atoms with van der Waals surface area (Å²) < 4.78 is 3.86. The van der Waals surface area contributed by atoms with Gasteiger partial charge in [-0.3, -0.25) is 9.36 Å². The Morgan fingerprint density at radius 2 is 1.89 bits per heavy atom. The van der Waals surface area contributed by atoms with E-state index < -0.39 is 0 Å². The van der Waals surface area contributed by atoms with Gasteiger partial charge in [-0.15, -0.1) is 5.10 Å². The number of carbonyl (C=O) groups is 1. The van der Waals surface area contributed by atoms with E-state index in [1.165, 1.54) is 0 Å². The van der Waals surface area contributed by atoms with Gasteiger partial charge in [0, 0.05) is 29.3 Å². The molecule has 6 aromatic rings. The van der Waals surface area contributed by atoms with Crippen LogP contribution in [0.25, 0.3) is 33.5 Å². The number of benzene rings is 2. The van der Waals surface area contributed by atoms with Crippen LogP contribution in [0.15, 0.2) is 60.8 Å². The van der Waals surface area contributed by atoms with Gasteiger partial charge in [0.15, 0.2) is 11.5 Å². The van der Waals surface area contributed by atoms with Gasteiger partial charge in [-0.25, -0.2) is 15.1 Å². The standard InChI is InChI=1S/C27H24N8O/c1-4-23-29-24-16(2)13-17(3)28-26(24)35(23)15-18-9-10-22-19(14-18)11-12-34(22)27(36)21-8-6-5-7-20(21)25-30-32-33-31-25/h5-14H,4,15H2,1-3H3,(H,30,31,32,33).